The summed E-state index contributed by atoms with van der Waals surface area (Å²) in [5.74, 6) is -6.19. The second-order valence-electron chi connectivity index (χ2n) is 18.2. The van der Waals surface area contributed by atoms with E-state index in [1.54, 1.807) is 34.6 Å². The summed E-state index contributed by atoms with van der Waals surface area (Å²) in [5, 5.41) is 15.4. The highest BCUT2D eigenvalue weighted by molar-refractivity contribution is 6.02. The maximum Gasteiger partial charge on any atom is 0.417 e. The molecule has 0 radical (unpaired) electrons. The zero-order chi connectivity index (χ0) is 51.3. The van der Waals surface area contributed by atoms with Crippen molar-refractivity contribution in [2.75, 3.05) is 26.9 Å². The van der Waals surface area contributed by atoms with Crippen molar-refractivity contribution >= 4 is 41.6 Å². The molecule has 0 spiro atoms. The third kappa shape index (κ3) is 18.7. The van der Waals surface area contributed by atoms with E-state index in [2.05, 4.69) is 10.6 Å². The van der Waals surface area contributed by atoms with Gasteiger partial charge in [-0.2, -0.15) is 0 Å². The number of hydrogen-bond acceptors (Lipinski definition) is 14. The first-order chi connectivity index (χ1) is 32.7. The summed E-state index contributed by atoms with van der Waals surface area (Å²) in [6.07, 6.45) is 1.22. The molecule has 378 valence electrons. The molecular formula is C51H72N6O12. The van der Waals surface area contributed by atoms with E-state index in [0.717, 1.165) is 47.3 Å². The molecule has 3 aromatic rings. The van der Waals surface area contributed by atoms with Gasteiger partial charge in [-0.1, -0.05) is 93.1 Å². The number of imide groups is 2. The topological polar surface area (TPSA) is 259 Å². The van der Waals surface area contributed by atoms with Crippen LogP contribution < -0.4 is 26.8 Å². The summed E-state index contributed by atoms with van der Waals surface area (Å²) >= 11 is 0. The molecule has 0 aromatic heterocycles. The summed E-state index contributed by atoms with van der Waals surface area (Å²) in [5.41, 5.74) is 14.4. The van der Waals surface area contributed by atoms with Crippen molar-refractivity contribution in [3.63, 3.8) is 0 Å². The Kier molecular flexibility index (Phi) is 23.4. The van der Waals surface area contributed by atoms with E-state index in [4.69, 9.17) is 30.4 Å². The molecule has 6 atom stereocenters. The van der Waals surface area contributed by atoms with Gasteiger partial charge in [0, 0.05) is 25.5 Å². The van der Waals surface area contributed by atoms with Crippen molar-refractivity contribution in [2.45, 2.75) is 130 Å². The number of nitrogens with two attached hydrogens (primary N) is 2. The fourth-order valence-electron chi connectivity index (χ4n) is 7.07. The molecule has 0 aliphatic heterocycles. The largest absolute Gasteiger partial charge is 0.489 e. The van der Waals surface area contributed by atoms with Crippen LogP contribution in [-0.2, 0) is 62.6 Å². The summed E-state index contributed by atoms with van der Waals surface area (Å²) in [7, 11) is 1.14. The average molecular weight is 961 g/mol. The number of amides is 6. The first-order valence-corrected chi connectivity index (χ1v) is 23.3. The predicted molar refractivity (Wildman–Crippen MR) is 258 cm³/mol. The van der Waals surface area contributed by atoms with Gasteiger partial charge in [-0.15, -0.1) is 0 Å². The number of ether oxygens (including phenoxy) is 4. The molecule has 0 aliphatic carbocycles. The summed E-state index contributed by atoms with van der Waals surface area (Å²) in [6, 6.07) is 19.8. The van der Waals surface area contributed by atoms with Crippen LogP contribution in [0.15, 0.2) is 84.9 Å². The van der Waals surface area contributed by atoms with Crippen LogP contribution in [0.1, 0.15) is 90.8 Å². The standard InChI is InChI=1S/C51H72N6O12/c1-33(2)44(49(64)66-8)57(42(59)23-17-11-12-18-36-24-26-40(27-25-36)68-31-38-21-15-10-16-22-38)48(63)43(53)39(29-58)28-54-45(60)35(4)56(50(65)69-51(5,6)7)47(62)34(3)55-46(61)41(52)32-67-30-37-19-13-9-14-20-37/h9-10,13-16,19-22,24-27,33-35,39,41,43-44,58H,11-12,17-18,23,28-32,52-53H2,1-8H3,(H,54,60)(H,55,61)/t34-,35-,39?,41-,43?,44?/m0/s1. The fraction of sp³-hybridized carbons (Fsp3) is 0.510. The molecule has 0 saturated carbocycles. The second kappa shape index (κ2) is 28.3. The van der Waals surface area contributed by atoms with Crippen LogP contribution >= 0.6 is 0 Å². The number of methoxy groups -OCH3 is 1. The highest BCUT2D eigenvalue weighted by Crippen LogP contribution is 2.21. The van der Waals surface area contributed by atoms with Gasteiger partial charge >= 0.3 is 12.1 Å². The summed E-state index contributed by atoms with van der Waals surface area (Å²) in [6.45, 7) is 9.79. The van der Waals surface area contributed by atoms with Crippen molar-refractivity contribution in [2.24, 2.45) is 23.3 Å². The number of benzene rings is 3. The molecular weight excluding hydrogens is 889 g/mol. The molecule has 0 saturated heterocycles. The molecule has 18 nitrogen and oxygen atoms in total. The molecule has 6 amide bonds. The summed E-state index contributed by atoms with van der Waals surface area (Å²) < 4.78 is 21.9. The van der Waals surface area contributed by atoms with Gasteiger partial charge in [0.05, 0.1) is 26.4 Å². The molecule has 0 bridgehead atoms. The molecule has 3 unspecified atom stereocenters. The van der Waals surface area contributed by atoms with E-state index < -0.39 is 102 Å². The van der Waals surface area contributed by atoms with Crippen LogP contribution in [-0.4, -0.2) is 119 Å². The monoisotopic (exact) mass is 961 g/mol. The van der Waals surface area contributed by atoms with Crippen molar-refractivity contribution in [3.8, 4) is 5.75 Å². The number of carbonyl (C=O) groups excluding carboxylic acids is 7. The smallest absolute Gasteiger partial charge is 0.417 e. The van der Waals surface area contributed by atoms with Gasteiger partial charge in [0.15, 0.2) is 0 Å². The Hall–Kier alpha value is -6.21. The van der Waals surface area contributed by atoms with Crippen molar-refractivity contribution in [3.05, 3.63) is 102 Å². The lowest BCUT2D eigenvalue weighted by atomic mass is 9.95. The number of hydrogen-bond donors (Lipinski definition) is 5. The van der Waals surface area contributed by atoms with Gasteiger partial charge in [0.2, 0.25) is 23.6 Å². The Morgan fingerprint density at radius 2 is 1.32 bits per heavy atom. The van der Waals surface area contributed by atoms with E-state index in [0.29, 0.717) is 24.3 Å². The summed E-state index contributed by atoms with van der Waals surface area (Å²) in [4.78, 5) is 96.5. The molecule has 3 rings (SSSR count). The number of aliphatic hydroxyl groups is 1. The fourth-order valence-corrected chi connectivity index (χ4v) is 7.07. The number of nitrogens with zero attached hydrogens (tertiary/aromatic N) is 2. The number of nitrogens with one attached hydrogen (secondary N) is 2. The number of unbranched alkanes of at least 4 members (excludes halogenated alkanes) is 2. The SMILES string of the molecule is COC(=O)C(C(C)C)N(C(=O)CCCCCc1ccc(OCc2ccccc2)cc1)C(=O)C(N)C(CO)CNC(=O)[C@H](C)N(C(=O)OC(C)(C)C)C(=O)[C@H](C)NC(=O)[C@@H](N)COCc1ccccc1. The molecule has 0 aliphatic rings. The Labute approximate surface area is 405 Å². The molecule has 69 heavy (non-hydrogen) atoms. The van der Waals surface area contributed by atoms with Gasteiger partial charge in [-0.05, 0) is 88.6 Å². The first-order valence-electron chi connectivity index (χ1n) is 23.3. The first kappa shape index (κ1) is 57.1. The lowest BCUT2D eigenvalue weighted by Gasteiger charge is -2.34. The zero-order valence-corrected chi connectivity index (χ0v) is 41.2. The Morgan fingerprint density at radius 3 is 1.87 bits per heavy atom. The van der Waals surface area contributed by atoms with Crippen molar-refractivity contribution < 1.29 is 57.6 Å². The molecule has 0 fully saturated rings. The van der Waals surface area contributed by atoms with Gasteiger partial charge in [0.1, 0.15) is 42.1 Å². The van der Waals surface area contributed by atoms with E-state index in [9.17, 15) is 38.7 Å². The van der Waals surface area contributed by atoms with Crippen LogP contribution in [0.5, 0.6) is 5.75 Å². The second-order valence-corrected chi connectivity index (χ2v) is 18.2. The van der Waals surface area contributed by atoms with E-state index in [-0.39, 0.29) is 19.6 Å². The lowest BCUT2D eigenvalue weighted by Crippen LogP contribution is -2.60. The number of esters is 1. The maximum atomic E-state index is 14.2. The zero-order valence-electron chi connectivity index (χ0n) is 41.2. The predicted octanol–water partition coefficient (Wildman–Crippen LogP) is 4.17. The maximum absolute atomic E-state index is 14.2. The third-order valence-electron chi connectivity index (χ3n) is 11.0. The molecule has 0 heterocycles. The lowest BCUT2D eigenvalue weighted by molar-refractivity contribution is -0.163. The van der Waals surface area contributed by atoms with Crippen molar-refractivity contribution in [1.82, 2.24) is 20.4 Å². The van der Waals surface area contributed by atoms with Gasteiger partial charge in [-0.3, -0.25) is 28.9 Å². The van der Waals surface area contributed by atoms with Gasteiger partial charge < -0.3 is 46.2 Å². The highest BCUT2D eigenvalue weighted by atomic mass is 16.6. The number of aryl methyl sites for hydroxylation is 1. The number of carbonyl (C=O) groups is 7. The third-order valence-corrected chi connectivity index (χ3v) is 11.0. The Balaban J connectivity index is 1.65. The van der Waals surface area contributed by atoms with E-state index >= 15 is 0 Å². The molecule has 7 N–H and O–H groups in total. The Morgan fingerprint density at radius 1 is 0.725 bits per heavy atom. The van der Waals surface area contributed by atoms with E-state index in [1.165, 1.54) is 13.8 Å². The van der Waals surface area contributed by atoms with Crippen LogP contribution in [0.2, 0.25) is 0 Å². The van der Waals surface area contributed by atoms with Crippen LogP contribution in [0.25, 0.3) is 0 Å². The minimum Gasteiger partial charge on any atom is -0.489 e. The van der Waals surface area contributed by atoms with Gasteiger partial charge in [0.25, 0.3) is 5.91 Å². The number of aliphatic hydroxyl groups excluding tert-OH is 1. The Bertz CT molecular complexity index is 2120. The molecule has 3 aromatic carbocycles. The highest BCUT2D eigenvalue weighted by Gasteiger charge is 2.42. The molecule has 18 heteroatoms. The minimum atomic E-state index is -1.61. The minimum absolute atomic E-state index is 0.0929. The van der Waals surface area contributed by atoms with Crippen molar-refractivity contribution in [1.29, 1.82) is 0 Å². The number of rotatable bonds is 26. The van der Waals surface area contributed by atoms with Crippen LogP contribution in [0.4, 0.5) is 4.79 Å². The van der Waals surface area contributed by atoms with Gasteiger partial charge in [-0.25, -0.2) is 14.5 Å². The average Bonchev–Trinajstić information content (AvgIpc) is 3.32. The quantitative estimate of drug-likeness (QED) is 0.0559. The normalized spacial score (nSPS) is 14.0. The van der Waals surface area contributed by atoms with E-state index in [1.807, 2.05) is 84.9 Å². The van der Waals surface area contributed by atoms with Crippen LogP contribution in [0, 0.1) is 11.8 Å². The van der Waals surface area contributed by atoms with Crippen LogP contribution in [0.3, 0.4) is 0 Å².